The molecule has 1 heterocycles. The van der Waals surface area contributed by atoms with E-state index in [1.165, 1.54) is 0 Å². The van der Waals surface area contributed by atoms with Gasteiger partial charge in [-0.2, -0.15) is 0 Å². The quantitative estimate of drug-likeness (QED) is 0.361. The summed E-state index contributed by atoms with van der Waals surface area (Å²) in [5, 5.41) is 21.7. The maximum Gasteiger partial charge on any atom is 0.161 e. The first-order valence-corrected chi connectivity index (χ1v) is 12.4. The van der Waals surface area contributed by atoms with E-state index in [4.69, 9.17) is 21.1 Å². The van der Waals surface area contributed by atoms with Crippen LogP contribution in [0.5, 0.6) is 11.5 Å². The SMILES string of the molecule is COc1ccc(OC)c([C@@H]2C(=C(O)c3ccccc3)C(=N)N(c3ccc(Cl)cc3)C3=C2C(=O)CCC3)c1. The van der Waals surface area contributed by atoms with Crippen LogP contribution in [-0.2, 0) is 4.79 Å². The number of aliphatic hydroxyl groups excluding tert-OH is 1. The summed E-state index contributed by atoms with van der Waals surface area (Å²) < 4.78 is 11.2. The number of carbonyl (C=O) groups is 1. The van der Waals surface area contributed by atoms with Crippen molar-refractivity contribution in [2.75, 3.05) is 19.1 Å². The molecule has 0 bridgehead atoms. The number of rotatable bonds is 5. The van der Waals surface area contributed by atoms with Crippen molar-refractivity contribution in [1.82, 2.24) is 0 Å². The first kappa shape index (κ1) is 24.7. The number of ether oxygens (including phenoxy) is 2. The smallest absolute Gasteiger partial charge is 0.161 e. The highest BCUT2D eigenvalue weighted by Gasteiger charge is 2.44. The first-order chi connectivity index (χ1) is 17.9. The van der Waals surface area contributed by atoms with E-state index >= 15 is 0 Å². The van der Waals surface area contributed by atoms with Gasteiger partial charge in [0.15, 0.2) is 5.78 Å². The topological polar surface area (TPSA) is 82.8 Å². The monoisotopic (exact) mass is 514 g/mol. The van der Waals surface area contributed by atoms with Crippen molar-refractivity contribution in [1.29, 1.82) is 5.41 Å². The number of ketones is 1. The van der Waals surface area contributed by atoms with E-state index in [-0.39, 0.29) is 17.4 Å². The van der Waals surface area contributed by atoms with Gasteiger partial charge in [-0.05, 0) is 55.3 Å². The van der Waals surface area contributed by atoms with Crippen molar-refractivity contribution in [3.8, 4) is 11.5 Å². The van der Waals surface area contributed by atoms with Gasteiger partial charge in [-0.1, -0.05) is 41.9 Å². The summed E-state index contributed by atoms with van der Waals surface area (Å²) in [5.41, 5.74) is 3.54. The molecular formula is C30H27ClN2O4. The summed E-state index contributed by atoms with van der Waals surface area (Å²) in [6.45, 7) is 0. The fraction of sp³-hybridized carbons (Fsp3) is 0.200. The maximum absolute atomic E-state index is 13.7. The van der Waals surface area contributed by atoms with Crippen LogP contribution in [0.15, 0.2) is 89.6 Å². The number of amidine groups is 1. The molecule has 1 aliphatic carbocycles. The molecule has 2 aliphatic rings. The number of aliphatic hydroxyl groups is 1. The Morgan fingerprint density at radius 1 is 1.00 bits per heavy atom. The zero-order valence-corrected chi connectivity index (χ0v) is 21.4. The third-order valence-corrected chi connectivity index (χ3v) is 7.14. The second-order valence-corrected chi connectivity index (χ2v) is 9.40. The molecular weight excluding hydrogens is 488 g/mol. The fourth-order valence-corrected chi connectivity index (χ4v) is 5.32. The number of nitrogens with zero attached hydrogens (tertiary/aromatic N) is 1. The van der Waals surface area contributed by atoms with Gasteiger partial charge >= 0.3 is 0 Å². The third kappa shape index (κ3) is 4.38. The van der Waals surface area contributed by atoms with Crippen LogP contribution in [0.4, 0.5) is 5.69 Å². The van der Waals surface area contributed by atoms with Crippen molar-refractivity contribution in [3.05, 3.63) is 106 Å². The molecule has 3 aromatic carbocycles. The van der Waals surface area contributed by atoms with Crippen molar-refractivity contribution in [3.63, 3.8) is 0 Å². The summed E-state index contributed by atoms with van der Waals surface area (Å²) in [4.78, 5) is 15.4. The summed E-state index contributed by atoms with van der Waals surface area (Å²) in [6.07, 6.45) is 1.69. The highest BCUT2D eigenvalue weighted by Crippen LogP contribution is 2.50. The number of allylic oxidation sites excluding steroid dienone is 2. The highest BCUT2D eigenvalue weighted by atomic mass is 35.5. The standard InChI is InChI=1S/C30H27ClN2O4/c1-36-21-15-16-25(37-2)22(17-21)26-27-23(9-6-10-24(27)34)33(20-13-11-19(31)12-14-20)30(32)28(26)29(35)18-7-4-3-5-8-18/h3-5,7-8,11-17,26,32,35H,6,9-10H2,1-2H3/t26-/m0/s1. The zero-order valence-electron chi connectivity index (χ0n) is 20.6. The Bertz CT molecular complexity index is 1430. The lowest BCUT2D eigenvalue weighted by molar-refractivity contribution is -0.116. The normalized spacial score (nSPS) is 19.0. The van der Waals surface area contributed by atoms with E-state index in [9.17, 15) is 15.3 Å². The van der Waals surface area contributed by atoms with Crippen molar-refractivity contribution in [2.45, 2.75) is 25.2 Å². The van der Waals surface area contributed by atoms with E-state index in [2.05, 4.69) is 0 Å². The molecule has 1 aliphatic heterocycles. The molecule has 0 fully saturated rings. The van der Waals surface area contributed by atoms with Crippen LogP contribution in [0.2, 0.25) is 5.02 Å². The number of hydrogen-bond acceptors (Lipinski definition) is 5. The molecule has 188 valence electrons. The minimum Gasteiger partial charge on any atom is -0.507 e. The number of nitrogens with one attached hydrogen (secondary N) is 1. The number of anilines is 1. The molecule has 0 saturated heterocycles. The van der Waals surface area contributed by atoms with Gasteiger partial charge in [-0.3, -0.25) is 15.1 Å². The van der Waals surface area contributed by atoms with E-state index in [0.29, 0.717) is 63.7 Å². The minimum absolute atomic E-state index is 0.0130. The van der Waals surface area contributed by atoms with Gasteiger partial charge in [-0.15, -0.1) is 0 Å². The molecule has 0 radical (unpaired) electrons. The Morgan fingerprint density at radius 3 is 2.41 bits per heavy atom. The van der Waals surface area contributed by atoms with Gasteiger partial charge in [0.2, 0.25) is 0 Å². The van der Waals surface area contributed by atoms with Gasteiger partial charge in [0, 0.05) is 45.1 Å². The van der Waals surface area contributed by atoms with Crippen LogP contribution < -0.4 is 14.4 Å². The Labute approximate surface area is 220 Å². The molecule has 0 saturated carbocycles. The fourth-order valence-electron chi connectivity index (χ4n) is 5.19. The van der Waals surface area contributed by atoms with Gasteiger partial charge in [0.1, 0.15) is 23.1 Å². The zero-order chi connectivity index (χ0) is 26.1. The molecule has 6 nitrogen and oxygen atoms in total. The van der Waals surface area contributed by atoms with Crippen LogP contribution in [-0.4, -0.2) is 30.9 Å². The van der Waals surface area contributed by atoms with E-state index in [1.54, 1.807) is 55.5 Å². The maximum atomic E-state index is 13.7. The van der Waals surface area contributed by atoms with Crippen LogP contribution in [0.25, 0.3) is 5.76 Å². The summed E-state index contributed by atoms with van der Waals surface area (Å²) in [5.74, 6) is 0.426. The van der Waals surface area contributed by atoms with Crippen LogP contribution in [0.3, 0.4) is 0 Å². The molecule has 7 heteroatoms. The van der Waals surface area contributed by atoms with E-state index in [1.807, 2.05) is 36.4 Å². The van der Waals surface area contributed by atoms with E-state index < -0.39 is 5.92 Å². The number of halogens is 1. The lowest BCUT2D eigenvalue weighted by Gasteiger charge is -2.42. The number of Topliss-reactive ketones (excluding diaryl/α,β-unsaturated/α-hetero) is 1. The molecule has 2 N–H and O–H groups in total. The third-order valence-electron chi connectivity index (χ3n) is 6.89. The Balaban J connectivity index is 1.86. The first-order valence-electron chi connectivity index (χ1n) is 12.1. The number of hydrogen-bond donors (Lipinski definition) is 2. The summed E-state index contributed by atoms with van der Waals surface area (Å²) in [6, 6.07) is 21.6. The summed E-state index contributed by atoms with van der Waals surface area (Å²) in [7, 11) is 3.14. The van der Waals surface area contributed by atoms with Crippen molar-refractivity contribution >= 4 is 34.7 Å². The van der Waals surface area contributed by atoms with Crippen molar-refractivity contribution < 1.29 is 19.4 Å². The molecule has 0 aromatic heterocycles. The summed E-state index contributed by atoms with van der Waals surface area (Å²) >= 11 is 6.16. The number of benzene rings is 3. The van der Waals surface area contributed by atoms with Crippen LogP contribution >= 0.6 is 11.6 Å². The number of carbonyl (C=O) groups excluding carboxylic acids is 1. The van der Waals surface area contributed by atoms with Crippen LogP contribution in [0, 0.1) is 5.41 Å². The Hall–Kier alpha value is -4.03. The molecule has 0 unspecified atom stereocenters. The second kappa shape index (κ2) is 10.1. The second-order valence-electron chi connectivity index (χ2n) is 8.97. The van der Waals surface area contributed by atoms with Gasteiger partial charge in [-0.25, -0.2) is 0 Å². The molecule has 3 aromatic rings. The minimum atomic E-state index is -0.718. The van der Waals surface area contributed by atoms with Gasteiger partial charge in [0.05, 0.1) is 20.1 Å². The number of methoxy groups -OCH3 is 2. The predicted octanol–water partition coefficient (Wildman–Crippen LogP) is 6.91. The Morgan fingerprint density at radius 2 is 1.73 bits per heavy atom. The molecule has 1 atom stereocenters. The lowest BCUT2D eigenvalue weighted by Crippen LogP contribution is -2.42. The molecule has 0 amide bonds. The average molecular weight is 515 g/mol. The average Bonchev–Trinajstić information content (AvgIpc) is 2.93. The highest BCUT2D eigenvalue weighted by molar-refractivity contribution is 6.30. The molecule has 5 rings (SSSR count). The van der Waals surface area contributed by atoms with Gasteiger partial charge in [0.25, 0.3) is 0 Å². The van der Waals surface area contributed by atoms with Crippen molar-refractivity contribution in [2.24, 2.45) is 0 Å². The Kier molecular flexibility index (Phi) is 6.76. The van der Waals surface area contributed by atoms with E-state index in [0.717, 1.165) is 5.70 Å². The van der Waals surface area contributed by atoms with Gasteiger partial charge < -0.3 is 14.6 Å². The predicted molar refractivity (Wildman–Crippen MR) is 146 cm³/mol. The molecule has 37 heavy (non-hydrogen) atoms. The largest absolute Gasteiger partial charge is 0.507 e. The van der Waals surface area contributed by atoms with Crippen LogP contribution in [0.1, 0.15) is 36.3 Å². The molecule has 0 spiro atoms. The lowest BCUT2D eigenvalue weighted by atomic mass is 9.73.